The minimum absolute atomic E-state index is 0.134. The summed E-state index contributed by atoms with van der Waals surface area (Å²) in [7, 11) is 0. The van der Waals surface area contributed by atoms with Gasteiger partial charge in [-0.1, -0.05) is 79.2 Å². The summed E-state index contributed by atoms with van der Waals surface area (Å²) in [6, 6.07) is 25.8. The molecule has 2 N–H and O–H groups in total. The Balaban J connectivity index is 1.34. The number of ether oxygens (including phenoxy) is 1. The molecule has 1 aliphatic heterocycles. The second-order valence-corrected chi connectivity index (χ2v) is 9.65. The van der Waals surface area contributed by atoms with Gasteiger partial charge in [0, 0.05) is 24.7 Å². The van der Waals surface area contributed by atoms with Gasteiger partial charge in [-0.2, -0.15) is 0 Å². The van der Waals surface area contributed by atoms with Crippen molar-refractivity contribution < 1.29 is 14.3 Å². The van der Waals surface area contributed by atoms with Crippen LogP contribution in [0.25, 0.3) is 0 Å². The smallest absolute Gasteiger partial charge is 0.340 e. The normalized spacial score (nSPS) is 17.0. The van der Waals surface area contributed by atoms with Crippen molar-refractivity contribution in [1.82, 2.24) is 10.6 Å². The molecule has 3 aromatic rings. The van der Waals surface area contributed by atoms with E-state index in [0.29, 0.717) is 24.1 Å². The van der Waals surface area contributed by atoms with Crippen molar-refractivity contribution in [3.63, 3.8) is 0 Å². The van der Waals surface area contributed by atoms with E-state index in [0.717, 1.165) is 49.8 Å². The molecule has 0 radical (unpaired) electrons. The largest absolute Gasteiger partial charge is 0.451 e. The fraction of sp³-hybridized carbons (Fsp3) is 0.333. The van der Waals surface area contributed by atoms with Gasteiger partial charge in [0.2, 0.25) is 0 Å². The molecular formula is C30H32N2O3. The van der Waals surface area contributed by atoms with Gasteiger partial charge in [0.25, 0.3) is 5.91 Å². The number of carbonyl (C=O) groups is 2. The van der Waals surface area contributed by atoms with E-state index in [2.05, 4.69) is 34.9 Å². The van der Waals surface area contributed by atoms with Crippen LogP contribution in [0.2, 0.25) is 0 Å². The highest BCUT2D eigenvalue weighted by Crippen LogP contribution is 2.47. The Bertz CT molecular complexity index is 1170. The second-order valence-electron chi connectivity index (χ2n) is 9.65. The Hall–Kier alpha value is -3.44. The second kappa shape index (κ2) is 10.4. The molecular weight excluding hydrogens is 436 g/mol. The van der Waals surface area contributed by atoms with Gasteiger partial charge in [-0.3, -0.25) is 4.79 Å². The summed E-state index contributed by atoms with van der Waals surface area (Å²) in [5.41, 5.74) is 3.54. The Morgan fingerprint density at radius 3 is 2.26 bits per heavy atom. The fourth-order valence-electron chi connectivity index (χ4n) is 5.44. The molecule has 180 valence electrons. The average molecular weight is 469 g/mol. The first-order valence-corrected chi connectivity index (χ1v) is 12.6. The van der Waals surface area contributed by atoms with Crippen LogP contribution < -0.4 is 10.6 Å². The number of hydrogen-bond acceptors (Lipinski definition) is 4. The lowest BCUT2D eigenvalue weighted by Gasteiger charge is -2.32. The molecule has 0 unspecified atom stereocenters. The van der Waals surface area contributed by atoms with Gasteiger partial charge in [0.15, 0.2) is 0 Å². The lowest BCUT2D eigenvalue weighted by molar-refractivity contribution is -0.0280. The third-order valence-electron chi connectivity index (χ3n) is 7.18. The van der Waals surface area contributed by atoms with E-state index >= 15 is 0 Å². The Morgan fingerprint density at radius 2 is 1.54 bits per heavy atom. The Morgan fingerprint density at radius 1 is 0.857 bits per heavy atom. The maximum absolute atomic E-state index is 13.5. The van der Waals surface area contributed by atoms with Gasteiger partial charge in [0.05, 0.1) is 11.1 Å². The molecule has 0 bridgehead atoms. The van der Waals surface area contributed by atoms with Crippen LogP contribution >= 0.6 is 0 Å². The van der Waals surface area contributed by atoms with Crippen LogP contribution in [0.1, 0.15) is 69.5 Å². The summed E-state index contributed by atoms with van der Waals surface area (Å²) in [6.07, 6.45) is 5.59. The number of nitrogens with one attached hydrogen (secondary N) is 2. The molecule has 0 aromatic heterocycles. The molecule has 1 heterocycles. The topological polar surface area (TPSA) is 67.4 Å². The van der Waals surface area contributed by atoms with Crippen LogP contribution in [-0.2, 0) is 23.3 Å². The summed E-state index contributed by atoms with van der Waals surface area (Å²) in [5, 5.41) is 6.68. The number of esters is 1. The standard InChI is InChI=1S/C30H32N2O3/c33-28(25-15-10-16-26-27(25)29(34)35-30(26)17-8-3-9-18-30)32-24(19-22-11-4-1-5-12-22)21-31-20-23-13-6-2-7-14-23/h1-2,4-7,10-16,24,31H,3,8-9,17-21H2,(H,32,33)/t24-/m0/s1. The lowest BCUT2D eigenvalue weighted by Crippen LogP contribution is -2.43. The van der Waals surface area contributed by atoms with Crippen molar-refractivity contribution in [2.75, 3.05) is 6.54 Å². The van der Waals surface area contributed by atoms with Crippen LogP contribution in [0, 0.1) is 0 Å². The first kappa shape index (κ1) is 23.3. The number of rotatable bonds is 8. The molecule has 5 heteroatoms. The number of fused-ring (bicyclic) bond motifs is 2. The zero-order valence-corrected chi connectivity index (χ0v) is 20.0. The molecule has 1 saturated carbocycles. The van der Waals surface area contributed by atoms with Gasteiger partial charge in [-0.15, -0.1) is 0 Å². The van der Waals surface area contributed by atoms with Crippen LogP contribution in [0.3, 0.4) is 0 Å². The number of carbonyl (C=O) groups excluding carboxylic acids is 2. The van der Waals surface area contributed by atoms with Crippen molar-refractivity contribution in [2.24, 2.45) is 0 Å². The first-order chi connectivity index (χ1) is 17.1. The number of hydrogen-bond donors (Lipinski definition) is 2. The summed E-state index contributed by atoms with van der Waals surface area (Å²) in [6.45, 7) is 1.33. The molecule has 5 nitrogen and oxygen atoms in total. The van der Waals surface area contributed by atoms with Crippen molar-refractivity contribution in [1.29, 1.82) is 0 Å². The highest BCUT2D eigenvalue weighted by Gasteiger charge is 2.47. The predicted octanol–water partition coefficient (Wildman–Crippen LogP) is 5.15. The molecule has 1 aliphatic carbocycles. The third kappa shape index (κ3) is 5.15. The van der Waals surface area contributed by atoms with Crippen molar-refractivity contribution in [3.05, 3.63) is 107 Å². The van der Waals surface area contributed by atoms with Gasteiger partial charge >= 0.3 is 5.97 Å². The van der Waals surface area contributed by atoms with Gasteiger partial charge in [-0.25, -0.2) is 4.79 Å². The SMILES string of the molecule is O=C(N[C@H](CNCc1ccccc1)Cc1ccccc1)c1cccc2c1C(=O)OC21CCCCC1. The molecule has 2 aliphatic rings. The number of amides is 1. The summed E-state index contributed by atoms with van der Waals surface area (Å²) in [5.74, 6) is -0.594. The average Bonchev–Trinajstić information content (AvgIpc) is 3.16. The quantitative estimate of drug-likeness (QED) is 0.449. The van der Waals surface area contributed by atoms with E-state index in [-0.39, 0.29) is 17.9 Å². The van der Waals surface area contributed by atoms with E-state index in [4.69, 9.17) is 4.74 Å². The van der Waals surface area contributed by atoms with Crippen LogP contribution in [0.4, 0.5) is 0 Å². The van der Waals surface area contributed by atoms with E-state index in [1.807, 2.05) is 48.5 Å². The minimum atomic E-state index is -0.554. The highest BCUT2D eigenvalue weighted by molar-refractivity contribution is 6.08. The van der Waals surface area contributed by atoms with Crippen molar-refractivity contribution >= 4 is 11.9 Å². The van der Waals surface area contributed by atoms with E-state index in [9.17, 15) is 9.59 Å². The van der Waals surface area contributed by atoms with Gasteiger partial charge in [-0.05, 0) is 49.3 Å². The van der Waals surface area contributed by atoms with Crippen molar-refractivity contribution in [2.45, 2.75) is 56.7 Å². The van der Waals surface area contributed by atoms with Crippen LogP contribution in [0.15, 0.2) is 78.9 Å². The molecule has 1 amide bonds. The Labute approximate surface area is 206 Å². The van der Waals surface area contributed by atoms with E-state index in [1.54, 1.807) is 6.07 Å². The maximum Gasteiger partial charge on any atom is 0.340 e. The lowest BCUT2D eigenvalue weighted by atomic mass is 9.78. The highest BCUT2D eigenvalue weighted by atomic mass is 16.6. The summed E-state index contributed by atoms with van der Waals surface area (Å²) >= 11 is 0. The summed E-state index contributed by atoms with van der Waals surface area (Å²) in [4.78, 5) is 26.5. The van der Waals surface area contributed by atoms with Gasteiger partial charge < -0.3 is 15.4 Å². The fourth-order valence-corrected chi connectivity index (χ4v) is 5.44. The van der Waals surface area contributed by atoms with Gasteiger partial charge in [0.1, 0.15) is 5.60 Å². The maximum atomic E-state index is 13.5. The van der Waals surface area contributed by atoms with E-state index in [1.165, 1.54) is 5.56 Å². The molecule has 1 fully saturated rings. The molecule has 3 aromatic carbocycles. The molecule has 1 spiro atoms. The van der Waals surface area contributed by atoms with Crippen LogP contribution in [-0.4, -0.2) is 24.5 Å². The van der Waals surface area contributed by atoms with Crippen molar-refractivity contribution in [3.8, 4) is 0 Å². The molecule has 35 heavy (non-hydrogen) atoms. The molecule has 1 atom stereocenters. The zero-order valence-electron chi connectivity index (χ0n) is 20.0. The third-order valence-corrected chi connectivity index (χ3v) is 7.18. The summed E-state index contributed by atoms with van der Waals surface area (Å²) < 4.78 is 5.93. The number of benzene rings is 3. The van der Waals surface area contributed by atoms with Crippen LogP contribution in [0.5, 0.6) is 0 Å². The molecule has 0 saturated heterocycles. The monoisotopic (exact) mass is 468 g/mol. The molecule has 5 rings (SSSR count). The first-order valence-electron chi connectivity index (χ1n) is 12.6. The zero-order chi connectivity index (χ0) is 24.1. The minimum Gasteiger partial charge on any atom is -0.451 e. The van der Waals surface area contributed by atoms with E-state index < -0.39 is 5.60 Å². The predicted molar refractivity (Wildman–Crippen MR) is 136 cm³/mol. The Kier molecular flexibility index (Phi) is 6.96.